The summed E-state index contributed by atoms with van der Waals surface area (Å²) in [6, 6.07) is 3.18. The van der Waals surface area contributed by atoms with Crippen molar-refractivity contribution in [3.8, 4) is 0 Å². The van der Waals surface area contributed by atoms with E-state index in [4.69, 9.17) is 0 Å². The predicted molar refractivity (Wildman–Crippen MR) is 105 cm³/mol. The van der Waals surface area contributed by atoms with Crippen LogP contribution in [-0.4, -0.2) is 24.0 Å². The Hall–Kier alpha value is -2.64. The number of halogens is 4. The van der Waals surface area contributed by atoms with Crippen molar-refractivity contribution in [2.24, 2.45) is 11.8 Å². The fraction of sp³-hybridized carbons (Fsp3) is 0.429. The summed E-state index contributed by atoms with van der Waals surface area (Å²) in [6.07, 6.45) is 1.47. The zero-order valence-electron chi connectivity index (χ0n) is 16.7. The van der Waals surface area contributed by atoms with E-state index >= 15 is 0 Å². The van der Waals surface area contributed by atoms with E-state index in [1.54, 1.807) is 6.92 Å². The normalized spacial score (nSPS) is 20.4. The van der Waals surface area contributed by atoms with Crippen LogP contribution in [-0.2, 0) is 15.5 Å². The molecule has 1 aromatic rings. The Morgan fingerprint density at radius 1 is 1.31 bits per heavy atom. The number of hydrogen-bond acceptors (Lipinski definition) is 2. The van der Waals surface area contributed by atoms with Gasteiger partial charge < -0.3 is 10.6 Å². The molecule has 1 aromatic carbocycles. The number of carbonyl (C=O) groups excluding carboxylic acids is 2. The minimum Gasteiger partial charge on any atom is -0.355 e. The average molecular weight is 414 g/mol. The molecular formula is C21H26F4N2O2. The van der Waals surface area contributed by atoms with Crippen molar-refractivity contribution in [1.29, 1.82) is 0 Å². The lowest BCUT2D eigenvalue weighted by Crippen LogP contribution is -2.34. The largest absolute Gasteiger partial charge is 0.355 e. The first kappa shape index (κ1) is 22.6. The van der Waals surface area contributed by atoms with Gasteiger partial charge in [0.05, 0.1) is 11.3 Å². The molecule has 160 valence electrons. The number of anilines is 1. The Bertz CT molecular complexity index is 873. The van der Waals surface area contributed by atoms with Gasteiger partial charge in [-0.05, 0) is 44.1 Å². The second-order valence-corrected chi connectivity index (χ2v) is 7.74. The molecular weight excluding hydrogens is 388 g/mol. The van der Waals surface area contributed by atoms with E-state index in [1.165, 1.54) is 26.0 Å². The number of nitrogens with one attached hydrogen (secondary N) is 2. The van der Waals surface area contributed by atoms with Gasteiger partial charge >= 0.3 is 0 Å². The summed E-state index contributed by atoms with van der Waals surface area (Å²) in [5.74, 6) is -8.15. The van der Waals surface area contributed by atoms with Crippen LogP contribution < -0.4 is 10.6 Å². The lowest BCUT2D eigenvalue weighted by molar-refractivity contribution is -0.130. The molecule has 1 aliphatic rings. The molecule has 1 fully saturated rings. The van der Waals surface area contributed by atoms with Crippen LogP contribution in [0.25, 0.3) is 0 Å². The van der Waals surface area contributed by atoms with Crippen molar-refractivity contribution < 1.29 is 28.6 Å². The minimum atomic E-state index is -3.54. The highest BCUT2D eigenvalue weighted by Gasteiger charge is 2.42. The number of carbonyl (C=O) groups is 2. The molecule has 0 spiro atoms. The van der Waals surface area contributed by atoms with E-state index in [2.05, 4.69) is 17.2 Å². The van der Waals surface area contributed by atoms with Crippen LogP contribution >= 0.6 is 0 Å². The van der Waals surface area contributed by atoms with Crippen LogP contribution in [0.2, 0.25) is 0 Å². The second-order valence-electron chi connectivity index (χ2n) is 7.74. The molecule has 2 atom stereocenters. The van der Waals surface area contributed by atoms with E-state index in [-0.39, 0.29) is 7.97 Å². The highest BCUT2D eigenvalue weighted by atomic mass is 19.3. The molecule has 2 amide bonds. The summed E-state index contributed by atoms with van der Waals surface area (Å²) in [6.45, 7) is 8.74. The molecule has 1 aliphatic heterocycles. The summed E-state index contributed by atoms with van der Waals surface area (Å²) in [7, 11) is 0. The Kier molecular flexibility index (Phi) is 6.25. The van der Waals surface area contributed by atoms with E-state index in [0.29, 0.717) is 18.1 Å². The quantitative estimate of drug-likeness (QED) is 0.402. The molecule has 0 bridgehead atoms. The average Bonchev–Trinajstić information content (AvgIpc) is 2.94. The highest BCUT2D eigenvalue weighted by molar-refractivity contribution is 6.08. The first-order valence-electron chi connectivity index (χ1n) is 9.05. The van der Waals surface area contributed by atoms with Crippen LogP contribution in [0.1, 0.15) is 34.7 Å². The maximum atomic E-state index is 14.1. The van der Waals surface area contributed by atoms with Crippen molar-refractivity contribution in [3.05, 3.63) is 53.4 Å². The Morgan fingerprint density at radius 2 is 1.93 bits per heavy atom. The molecule has 0 saturated carbocycles. The molecule has 0 aromatic heterocycles. The van der Waals surface area contributed by atoms with Crippen molar-refractivity contribution in [1.82, 2.24) is 5.32 Å². The van der Waals surface area contributed by atoms with Gasteiger partial charge in [-0.3, -0.25) is 9.59 Å². The predicted octanol–water partition coefficient (Wildman–Crippen LogP) is 4.73. The van der Waals surface area contributed by atoms with E-state index in [1.807, 2.05) is 0 Å². The lowest BCUT2D eigenvalue weighted by Gasteiger charge is -2.22. The zero-order valence-corrected chi connectivity index (χ0v) is 16.7. The Morgan fingerprint density at radius 3 is 2.48 bits per heavy atom. The van der Waals surface area contributed by atoms with E-state index < -0.39 is 52.3 Å². The van der Waals surface area contributed by atoms with Crippen molar-refractivity contribution >= 4 is 17.5 Å². The SMILES string of the molecule is C=C(/C=C(\C)C(C)(C)F)[C@H]1CNC(=O)[C@@H]1C(=O)Nc1cccc(F)c1C(C)(F)F.[HH]. The minimum absolute atomic E-state index is 0. The van der Waals surface area contributed by atoms with Gasteiger partial charge in [0.15, 0.2) is 0 Å². The topological polar surface area (TPSA) is 58.2 Å². The van der Waals surface area contributed by atoms with Crippen LogP contribution in [0.15, 0.2) is 42.0 Å². The monoisotopic (exact) mass is 414 g/mol. The number of allylic oxidation sites excluding steroid dienone is 2. The summed E-state index contributed by atoms with van der Waals surface area (Å²) in [5.41, 5.74) is -2.27. The molecule has 2 rings (SSSR count). The first-order valence-corrected chi connectivity index (χ1v) is 9.05. The van der Waals surface area contributed by atoms with Gasteiger partial charge in [0.1, 0.15) is 17.4 Å². The van der Waals surface area contributed by atoms with Crippen molar-refractivity contribution in [3.63, 3.8) is 0 Å². The van der Waals surface area contributed by atoms with Gasteiger partial charge in [0.2, 0.25) is 11.8 Å². The Balaban J connectivity index is 0.00000450. The first-order chi connectivity index (χ1) is 13.2. The van der Waals surface area contributed by atoms with Crippen LogP contribution in [0.4, 0.5) is 23.2 Å². The number of rotatable bonds is 6. The van der Waals surface area contributed by atoms with Crippen LogP contribution in [0.5, 0.6) is 0 Å². The van der Waals surface area contributed by atoms with Gasteiger partial charge in [-0.1, -0.05) is 18.7 Å². The number of benzene rings is 1. The molecule has 0 radical (unpaired) electrons. The molecule has 0 unspecified atom stereocenters. The van der Waals surface area contributed by atoms with E-state index in [9.17, 15) is 27.2 Å². The highest BCUT2D eigenvalue weighted by Crippen LogP contribution is 2.36. The van der Waals surface area contributed by atoms with Gasteiger partial charge in [0.25, 0.3) is 5.92 Å². The third-order valence-electron chi connectivity index (χ3n) is 4.99. The molecule has 1 saturated heterocycles. The third kappa shape index (κ3) is 5.05. The number of alkyl halides is 3. The van der Waals surface area contributed by atoms with Crippen LogP contribution in [0, 0.1) is 17.7 Å². The Labute approximate surface area is 168 Å². The lowest BCUT2D eigenvalue weighted by atomic mass is 9.86. The van der Waals surface area contributed by atoms with Crippen molar-refractivity contribution in [2.45, 2.75) is 39.3 Å². The zero-order chi connectivity index (χ0) is 22.1. The van der Waals surface area contributed by atoms with E-state index in [0.717, 1.165) is 12.1 Å². The van der Waals surface area contributed by atoms with Gasteiger partial charge in [-0.25, -0.2) is 17.6 Å². The molecule has 29 heavy (non-hydrogen) atoms. The summed E-state index contributed by atoms with van der Waals surface area (Å²) in [4.78, 5) is 25.0. The second kappa shape index (κ2) is 8.00. The molecule has 1 heterocycles. The van der Waals surface area contributed by atoms with Gasteiger partial charge in [0, 0.05) is 20.8 Å². The molecule has 2 N–H and O–H groups in total. The number of amides is 2. The summed E-state index contributed by atoms with van der Waals surface area (Å²) >= 11 is 0. The standard InChI is InChI=1S/C21H24F4N2O2.H2/c1-11(9-12(2)20(3,4)23)13-10-26-18(28)16(13)19(29)27-15-8-6-7-14(22)17(15)21(5,24)25;/h6-9,13,16H,1,10H2,2-5H3,(H,26,28)(H,27,29);1H/b12-9+;/t13-,16-;/m1./s1. The third-order valence-corrected chi connectivity index (χ3v) is 4.99. The fourth-order valence-corrected chi connectivity index (χ4v) is 3.11. The summed E-state index contributed by atoms with van der Waals surface area (Å²) in [5, 5.41) is 4.77. The molecule has 4 nitrogen and oxygen atoms in total. The molecule has 0 aliphatic carbocycles. The van der Waals surface area contributed by atoms with Gasteiger partial charge in [-0.15, -0.1) is 0 Å². The fourth-order valence-electron chi connectivity index (χ4n) is 3.11. The maximum Gasteiger partial charge on any atom is 0.275 e. The van der Waals surface area contributed by atoms with Crippen LogP contribution in [0.3, 0.4) is 0 Å². The maximum absolute atomic E-state index is 14.1. The summed E-state index contributed by atoms with van der Waals surface area (Å²) < 4.78 is 55.6. The number of hydrogen-bond donors (Lipinski definition) is 2. The van der Waals surface area contributed by atoms with Gasteiger partial charge in [-0.2, -0.15) is 0 Å². The molecule has 8 heteroatoms. The van der Waals surface area contributed by atoms with Crippen molar-refractivity contribution in [2.75, 3.05) is 11.9 Å². The smallest absolute Gasteiger partial charge is 0.275 e.